The van der Waals surface area contributed by atoms with E-state index in [9.17, 15) is 4.79 Å². The second-order valence-electron chi connectivity index (χ2n) is 9.08. The Morgan fingerprint density at radius 3 is 2.52 bits per heavy atom. The number of carbonyl (C=O) groups excluding carboxylic acids is 1. The maximum absolute atomic E-state index is 13.0. The molecule has 0 aliphatic rings. The van der Waals surface area contributed by atoms with Gasteiger partial charge in [-0.15, -0.1) is 5.10 Å². The van der Waals surface area contributed by atoms with Crippen LogP contribution in [0.1, 0.15) is 15.9 Å². The van der Waals surface area contributed by atoms with Crippen molar-refractivity contribution in [3.05, 3.63) is 78.0 Å². The van der Waals surface area contributed by atoms with E-state index in [4.69, 9.17) is 28.1 Å². The van der Waals surface area contributed by atoms with Gasteiger partial charge in [-0.05, 0) is 47.2 Å². The van der Waals surface area contributed by atoms with Crippen LogP contribution in [0.15, 0.2) is 71.3 Å². The molecule has 6 aromatic rings. The Morgan fingerprint density at radius 1 is 0.929 bits per heavy atom. The van der Waals surface area contributed by atoms with Crippen molar-refractivity contribution in [1.82, 2.24) is 14.6 Å². The van der Waals surface area contributed by atoms with Crippen molar-refractivity contribution in [2.75, 3.05) is 33.8 Å². The number of rotatable bonds is 10. The molecule has 1 amide bonds. The second-order valence-corrected chi connectivity index (χ2v) is 10.0. The van der Waals surface area contributed by atoms with E-state index < -0.39 is 0 Å². The summed E-state index contributed by atoms with van der Waals surface area (Å²) in [5, 5.41) is 8.54. The molecule has 0 aliphatic heterocycles. The lowest BCUT2D eigenvalue weighted by molar-refractivity contribution is 0.102. The van der Waals surface area contributed by atoms with Gasteiger partial charge in [-0.3, -0.25) is 4.79 Å². The quantitative estimate of drug-likeness (QED) is 0.204. The Bertz CT molecular complexity index is 1880. The molecule has 3 heterocycles. The van der Waals surface area contributed by atoms with Crippen LogP contribution in [-0.4, -0.2) is 48.9 Å². The molecule has 42 heavy (non-hydrogen) atoms. The monoisotopic (exact) mass is 586 g/mol. The van der Waals surface area contributed by atoms with Gasteiger partial charge in [0.1, 0.15) is 40.9 Å². The highest BCUT2D eigenvalue weighted by atomic mass is 32.1. The molecule has 0 radical (unpaired) electrons. The van der Waals surface area contributed by atoms with Crippen LogP contribution in [0.4, 0.5) is 5.69 Å². The van der Waals surface area contributed by atoms with Crippen LogP contribution in [0.3, 0.4) is 0 Å². The number of methoxy groups -OCH3 is 4. The molecule has 0 atom stereocenters. The number of furan rings is 1. The first kappa shape index (κ1) is 27.0. The number of hydrogen-bond donors (Lipinski definition) is 1. The minimum atomic E-state index is -0.305. The van der Waals surface area contributed by atoms with Crippen LogP contribution in [0, 0.1) is 0 Å². The molecule has 11 nitrogen and oxygen atoms in total. The zero-order valence-electron chi connectivity index (χ0n) is 23.2. The van der Waals surface area contributed by atoms with Gasteiger partial charge in [0.25, 0.3) is 11.1 Å². The number of anilines is 1. The molecule has 0 fully saturated rings. The number of nitrogens with one attached hydrogen (secondary N) is 1. The van der Waals surface area contributed by atoms with Gasteiger partial charge in [0.15, 0.2) is 5.76 Å². The normalized spacial score (nSPS) is 11.0. The number of fused-ring (bicyclic) bond motifs is 2. The number of ether oxygens (including phenoxy) is 5. The van der Waals surface area contributed by atoms with Crippen molar-refractivity contribution in [3.63, 3.8) is 0 Å². The molecule has 0 bridgehead atoms. The molecular weight excluding hydrogens is 560 g/mol. The van der Waals surface area contributed by atoms with Gasteiger partial charge >= 0.3 is 0 Å². The molecule has 6 rings (SSSR count). The molecule has 214 valence electrons. The summed E-state index contributed by atoms with van der Waals surface area (Å²) in [6, 6.07) is 18.0. The fraction of sp³-hybridized carbons (Fsp3) is 0.167. The zero-order valence-corrected chi connectivity index (χ0v) is 24.0. The van der Waals surface area contributed by atoms with Gasteiger partial charge in [0.05, 0.1) is 45.6 Å². The lowest BCUT2D eigenvalue weighted by Crippen LogP contribution is -2.13. The lowest BCUT2D eigenvalue weighted by atomic mass is 10.1. The van der Waals surface area contributed by atoms with E-state index in [1.54, 1.807) is 62.4 Å². The molecule has 1 N–H and O–H groups in total. The maximum atomic E-state index is 13.0. The van der Waals surface area contributed by atoms with E-state index in [-0.39, 0.29) is 12.5 Å². The standard InChI is InChI=1S/C30H26N4O7S/c1-36-19-8-9-21(24(11-19)38-3)28(35)31-18-7-5-6-17(10-18)16-40-25-12-20(37-2)13-26-22(25)14-27(41-26)23-15-34-29(32-23)42-30(33-34)39-4/h5-15H,16H2,1-4H3,(H,31,35). The third kappa shape index (κ3) is 5.27. The van der Waals surface area contributed by atoms with Crippen LogP contribution in [0.2, 0.25) is 0 Å². The first-order valence-electron chi connectivity index (χ1n) is 12.7. The average Bonchev–Trinajstić information content (AvgIpc) is 3.73. The maximum Gasteiger partial charge on any atom is 0.294 e. The summed E-state index contributed by atoms with van der Waals surface area (Å²) in [5.41, 5.74) is 3.08. The molecule has 0 unspecified atom stereocenters. The van der Waals surface area contributed by atoms with Gasteiger partial charge in [-0.25, -0.2) is 9.50 Å². The Balaban J connectivity index is 1.22. The summed E-state index contributed by atoms with van der Waals surface area (Å²) < 4.78 is 35.3. The highest BCUT2D eigenvalue weighted by molar-refractivity contribution is 7.18. The SMILES string of the molecule is COc1ccc(C(=O)Nc2cccc(COc3cc(OC)cc4oc(-c5cn6nc(OC)sc6n5)cc34)c2)c(OC)c1. The topological polar surface area (TPSA) is 119 Å². The van der Waals surface area contributed by atoms with Crippen LogP contribution >= 0.6 is 11.3 Å². The molecule has 0 saturated carbocycles. The molecule has 3 aromatic heterocycles. The van der Waals surface area contributed by atoms with Crippen molar-refractivity contribution >= 4 is 38.9 Å². The van der Waals surface area contributed by atoms with Gasteiger partial charge in [0, 0.05) is 23.9 Å². The number of aromatic nitrogens is 3. The Kier molecular flexibility index (Phi) is 7.28. The first-order valence-corrected chi connectivity index (χ1v) is 13.6. The molecular formula is C30H26N4O7S. The number of imidazole rings is 1. The van der Waals surface area contributed by atoms with Crippen LogP contribution in [-0.2, 0) is 6.61 Å². The summed E-state index contributed by atoms with van der Waals surface area (Å²) in [5.74, 6) is 2.45. The highest BCUT2D eigenvalue weighted by Crippen LogP contribution is 2.37. The Hall–Kier alpha value is -5.23. The second kappa shape index (κ2) is 11.3. The van der Waals surface area contributed by atoms with E-state index in [2.05, 4.69) is 15.4 Å². The summed E-state index contributed by atoms with van der Waals surface area (Å²) in [4.78, 5) is 18.3. The molecule has 0 aliphatic carbocycles. The van der Waals surface area contributed by atoms with E-state index in [0.29, 0.717) is 61.4 Å². The van der Waals surface area contributed by atoms with Crippen LogP contribution in [0.5, 0.6) is 28.2 Å². The molecule has 0 spiro atoms. The van der Waals surface area contributed by atoms with Crippen molar-refractivity contribution in [3.8, 4) is 39.6 Å². The first-order chi connectivity index (χ1) is 20.5. The summed E-state index contributed by atoms with van der Waals surface area (Å²) >= 11 is 1.34. The highest BCUT2D eigenvalue weighted by Gasteiger charge is 2.18. The molecule has 3 aromatic carbocycles. The molecule has 12 heteroatoms. The summed E-state index contributed by atoms with van der Waals surface area (Å²) in [6.45, 7) is 0.238. The minimum Gasteiger partial charge on any atom is -0.497 e. The van der Waals surface area contributed by atoms with Crippen molar-refractivity contribution < 1.29 is 32.9 Å². The fourth-order valence-corrected chi connectivity index (χ4v) is 5.11. The minimum absolute atomic E-state index is 0.238. The number of carbonyl (C=O) groups is 1. The van der Waals surface area contributed by atoms with Gasteiger partial charge < -0.3 is 33.4 Å². The molecule has 0 saturated heterocycles. The summed E-state index contributed by atoms with van der Waals surface area (Å²) in [7, 11) is 6.22. The zero-order chi connectivity index (χ0) is 29.2. The Morgan fingerprint density at radius 2 is 1.76 bits per heavy atom. The number of nitrogens with zero attached hydrogens (tertiary/aromatic N) is 3. The predicted octanol–water partition coefficient (Wildman–Crippen LogP) is 6.07. The van der Waals surface area contributed by atoms with Crippen LogP contribution in [0.25, 0.3) is 27.4 Å². The third-order valence-electron chi connectivity index (χ3n) is 6.49. The van der Waals surface area contributed by atoms with Crippen molar-refractivity contribution in [2.24, 2.45) is 0 Å². The largest absolute Gasteiger partial charge is 0.497 e. The number of amides is 1. The van der Waals surface area contributed by atoms with Crippen molar-refractivity contribution in [2.45, 2.75) is 6.61 Å². The van der Waals surface area contributed by atoms with Crippen LogP contribution < -0.4 is 29.0 Å². The van der Waals surface area contributed by atoms with Crippen molar-refractivity contribution in [1.29, 1.82) is 0 Å². The van der Waals surface area contributed by atoms with E-state index in [1.165, 1.54) is 18.4 Å². The van der Waals surface area contributed by atoms with E-state index in [0.717, 1.165) is 10.9 Å². The predicted molar refractivity (Wildman–Crippen MR) is 157 cm³/mol. The van der Waals surface area contributed by atoms with Gasteiger partial charge in [-0.1, -0.05) is 12.1 Å². The fourth-order valence-electron chi connectivity index (χ4n) is 4.41. The van der Waals surface area contributed by atoms with E-state index >= 15 is 0 Å². The lowest BCUT2D eigenvalue weighted by Gasteiger charge is -2.12. The van der Waals surface area contributed by atoms with Gasteiger partial charge in [-0.2, -0.15) is 0 Å². The smallest absolute Gasteiger partial charge is 0.294 e. The number of hydrogen-bond acceptors (Lipinski definition) is 10. The van der Waals surface area contributed by atoms with E-state index in [1.807, 2.05) is 30.3 Å². The Labute approximate surface area is 244 Å². The number of benzene rings is 3. The third-order valence-corrected chi connectivity index (χ3v) is 7.38. The summed E-state index contributed by atoms with van der Waals surface area (Å²) in [6.07, 6.45) is 1.78. The van der Waals surface area contributed by atoms with Gasteiger partial charge in [0.2, 0.25) is 4.96 Å². The average molecular weight is 587 g/mol.